The molecule has 1 aromatic carbocycles. The SMILES string of the molecule is CCCNC(=O)CCNC(C)c1cc(Cl)ccc1Cl. The first-order chi connectivity index (χ1) is 9.04. The number of hydrogen-bond acceptors (Lipinski definition) is 2. The van der Waals surface area contributed by atoms with Crippen LogP contribution in [0.15, 0.2) is 18.2 Å². The molecule has 0 aromatic heterocycles. The van der Waals surface area contributed by atoms with Gasteiger partial charge in [0.2, 0.25) is 5.91 Å². The van der Waals surface area contributed by atoms with Gasteiger partial charge in [0.25, 0.3) is 0 Å². The highest BCUT2D eigenvalue weighted by Gasteiger charge is 2.10. The Kier molecular flexibility index (Phi) is 7.21. The van der Waals surface area contributed by atoms with Crippen molar-refractivity contribution in [1.29, 1.82) is 0 Å². The maximum atomic E-state index is 11.4. The van der Waals surface area contributed by atoms with Crippen LogP contribution < -0.4 is 10.6 Å². The molecule has 0 heterocycles. The fraction of sp³-hybridized carbons (Fsp3) is 0.500. The lowest BCUT2D eigenvalue weighted by molar-refractivity contribution is -0.121. The summed E-state index contributed by atoms with van der Waals surface area (Å²) in [6, 6.07) is 5.45. The molecule has 2 N–H and O–H groups in total. The number of carbonyl (C=O) groups is 1. The normalized spacial score (nSPS) is 12.2. The molecule has 0 fully saturated rings. The monoisotopic (exact) mass is 302 g/mol. The molecule has 106 valence electrons. The zero-order chi connectivity index (χ0) is 14.3. The molecule has 0 aliphatic rings. The third-order valence-corrected chi connectivity index (χ3v) is 3.38. The van der Waals surface area contributed by atoms with Crippen molar-refractivity contribution >= 4 is 29.1 Å². The molecular weight excluding hydrogens is 283 g/mol. The molecule has 1 aromatic rings. The van der Waals surface area contributed by atoms with Crippen molar-refractivity contribution in [3.63, 3.8) is 0 Å². The number of nitrogens with one attached hydrogen (secondary N) is 2. The van der Waals surface area contributed by atoms with Crippen molar-refractivity contribution < 1.29 is 4.79 Å². The van der Waals surface area contributed by atoms with Gasteiger partial charge in [-0.05, 0) is 37.1 Å². The summed E-state index contributed by atoms with van der Waals surface area (Å²) in [5, 5.41) is 7.45. The van der Waals surface area contributed by atoms with E-state index in [1.807, 2.05) is 19.9 Å². The molecule has 19 heavy (non-hydrogen) atoms. The van der Waals surface area contributed by atoms with Gasteiger partial charge >= 0.3 is 0 Å². The Morgan fingerprint density at radius 1 is 1.32 bits per heavy atom. The smallest absolute Gasteiger partial charge is 0.221 e. The average molecular weight is 303 g/mol. The van der Waals surface area contributed by atoms with E-state index in [-0.39, 0.29) is 11.9 Å². The van der Waals surface area contributed by atoms with E-state index in [2.05, 4.69) is 10.6 Å². The number of amides is 1. The summed E-state index contributed by atoms with van der Waals surface area (Å²) in [7, 11) is 0. The third-order valence-electron chi connectivity index (χ3n) is 2.80. The summed E-state index contributed by atoms with van der Waals surface area (Å²) < 4.78 is 0. The highest BCUT2D eigenvalue weighted by Crippen LogP contribution is 2.25. The standard InChI is InChI=1S/C14H20Cl2N2O/c1-3-7-18-14(19)6-8-17-10(2)12-9-11(15)4-5-13(12)16/h4-5,9-10,17H,3,6-8H2,1-2H3,(H,18,19). The Morgan fingerprint density at radius 3 is 2.74 bits per heavy atom. The number of carbonyl (C=O) groups excluding carboxylic acids is 1. The molecule has 1 unspecified atom stereocenters. The Hall–Kier alpha value is -0.770. The molecule has 0 saturated heterocycles. The van der Waals surface area contributed by atoms with Gasteiger partial charge in [-0.15, -0.1) is 0 Å². The van der Waals surface area contributed by atoms with Gasteiger partial charge in [-0.25, -0.2) is 0 Å². The van der Waals surface area contributed by atoms with Crippen LogP contribution in [0.4, 0.5) is 0 Å². The van der Waals surface area contributed by atoms with Crippen LogP contribution in [0.2, 0.25) is 10.0 Å². The van der Waals surface area contributed by atoms with Crippen molar-refractivity contribution in [3.8, 4) is 0 Å². The zero-order valence-electron chi connectivity index (χ0n) is 11.3. The van der Waals surface area contributed by atoms with Gasteiger partial charge in [0.05, 0.1) is 0 Å². The van der Waals surface area contributed by atoms with E-state index in [1.165, 1.54) is 0 Å². The molecule has 0 radical (unpaired) electrons. The van der Waals surface area contributed by atoms with Gasteiger partial charge in [-0.1, -0.05) is 30.1 Å². The van der Waals surface area contributed by atoms with Crippen LogP contribution in [0.3, 0.4) is 0 Å². The number of rotatable bonds is 7. The second kappa shape index (κ2) is 8.41. The first-order valence-corrected chi connectivity index (χ1v) is 7.25. The fourth-order valence-electron chi connectivity index (χ4n) is 1.71. The Morgan fingerprint density at radius 2 is 2.05 bits per heavy atom. The van der Waals surface area contributed by atoms with Crippen LogP contribution >= 0.6 is 23.2 Å². The van der Waals surface area contributed by atoms with Crippen molar-refractivity contribution in [2.45, 2.75) is 32.7 Å². The fourth-order valence-corrected chi connectivity index (χ4v) is 2.17. The minimum Gasteiger partial charge on any atom is -0.356 e. The topological polar surface area (TPSA) is 41.1 Å². The average Bonchev–Trinajstić information content (AvgIpc) is 2.39. The van der Waals surface area contributed by atoms with Crippen LogP contribution in [-0.4, -0.2) is 19.0 Å². The van der Waals surface area contributed by atoms with E-state index in [0.29, 0.717) is 23.0 Å². The lowest BCUT2D eigenvalue weighted by atomic mass is 10.1. The van der Waals surface area contributed by atoms with E-state index in [1.54, 1.807) is 12.1 Å². The highest BCUT2D eigenvalue weighted by atomic mass is 35.5. The summed E-state index contributed by atoms with van der Waals surface area (Å²) in [6.07, 6.45) is 1.41. The third kappa shape index (κ3) is 5.81. The van der Waals surface area contributed by atoms with Gasteiger partial charge in [-0.3, -0.25) is 4.79 Å². The predicted octanol–water partition coefficient (Wildman–Crippen LogP) is 3.56. The first-order valence-electron chi connectivity index (χ1n) is 6.49. The summed E-state index contributed by atoms with van der Waals surface area (Å²) >= 11 is 12.1. The largest absolute Gasteiger partial charge is 0.356 e. The van der Waals surface area contributed by atoms with E-state index in [9.17, 15) is 4.79 Å². The molecule has 0 spiro atoms. The van der Waals surface area contributed by atoms with Crippen molar-refractivity contribution in [2.75, 3.05) is 13.1 Å². The Bertz CT molecular complexity index is 424. The van der Waals surface area contributed by atoms with Crippen LogP contribution in [0.1, 0.15) is 38.3 Å². The first kappa shape index (κ1) is 16.3. The summed E-state index contributed by atoms with van der Waals surface area (Å²) in [6.45, 7) is 5.37. The second-order valence-corrected chi connectivity index (χ2v) is 5.29. The van der Waals surface area contributed by atoms with Crippen molar-refractivity contribution in [1.82, 2.24) is 10.6 Å². The van der Waals surface area contributed by atoms with Crippen molar-refractivity contribution in [3.05, 3.63) is 33.8 Å². The molecule has 0 aliphatic carbocycles. The number of benzene rings is 1. The van der Waals surface area contributed by atoms with E-state index in [0.717, 1.165) is 18.5 Å². The quantitative estimate of drug-likeness (QED) is 0.808. The van der Waals surface area contributed by atoms with E-state index >= 15 is 0 Å². The molecule has 5 heteroatoms. The Labute approximate surface area is 124 Å². The minimum atomic E-state index is 0.0603. The zero-order valence-corrected chi connectivity index (χ0v) is 12.8. The van der Waals surface area contributed by atoms with Gasteiger partial charge in [0, 0.05) is 35.6 Å². The Balaban J connectivity index is 2.41. The summed E-state index contributed by atoms with van der Waals surface area (Å²) in [4.78, 5) is 11.4. The lowest BCUT2D eigenvalue weighted by Crippen LogP contribution is -2.29. The minimum absolute atomic E-state index is 0.0603. The molecule has 1 atom stereocenters. The van der Waals surface area contributed by atoms with Gasteiger partial charge in [-0.2, -0.15) is 0 Å². The molecule has 0 bridgehead atoms. The van der Waals surface area contributed by atoms with Crippen molar-refractivity contribution in [2.24, 2.45) is 0 Å². The van der Waals surface area contributed by atoms with Gasteiger partial charge in [0.1, 0.15) is 0 Å². The highest BCUT2D eigenvalue weighted by molar-refractivity contribution is 6.33. The summed E-state index contributed by atoms with van der Waals surface area (Å²) in [5.74, 6) is 0.0683. The van der Waals surface area contributed by atoms with Gasteiger partial charge < -0.3 is 10.6 Å². The van der Waals surface area contributed by atoms with E-state index in [4.69, 9.17) is 23.2 Å². The molecular formula is C14H20Cl2N2O. The second-order valence-electron chi connectivity index (χ2n) is 4.44. The molecule has 0 aliphatic heterocycles. The maximum absolute atomic E-state index is 11.4. The molecule has 0 saturated carbocycles. The van der Waals surface area contributed by atoms with Crippen LogP contribution in [0, 0.1) is 0 Å². The predicted molar refractivity (Wildman–Crippen MR) is 80.8 cm³/mol. The molecule has 3 nitrogen and oxygen atoms in total. The van der Waals surface area contributed by atoms with Crippen LogP contribution in [0.25, 0.3) is 0 Å². The number of halogens is 2. The maximum Gasteiger partial charge on any atom is 0.221 e. The van der Waals surface area contributed by atoms with Crippen LogP contribution in [0.5, 0.6) is 0 Å². The lowest BCUT2D eigenvalue weighted by Gasteiger charge is -2.16. The summed E-state index contributed by atoms with van der Waals surface area (Å²) in [5.41, 5.74) is 0.947. The number of hydrogen-bond donors (Lipinski definition) is 2. The molecule has 1 rings (SSSR count). The molecule has 1 amide bonds. The van der Waals surface area contributed by atoms with E-state index < -0.39 is 0 Å². The van der Waals surface area contributed by atoms with Gasteiger partial charge in [0.15, 0.2) is 0 Å². The van der Waals surface area contributed by atoms with Crippen LogP contribution in [-0.2, 0) is 4.79 Å².